The average Bonchev–Trinajstić information content (AvgIpc) is 3.44. The molecule has 0 saturated carbocycles. The number of hydrogen-bond donors (Lipinski definition) is 2. The lowest BCUT2D eigenvalue weighted by Gasteiger charge is -2.38. The number of morpholine rings is 1. The highest BCUT2D eigenvalue weighted by molar-refractivity contribution is 7.19. The summed E-state index contributed by atoms with van der Waals surface area (Å²) in [6.07, 6.45) is 5.31. The van der Waals surface area contributed by atoms with Gasteiger partial charge < -0.3 is 10.1 Å². The lowest BCUT2D eigenvalue weighted by atomic mass is 10.0. The van der Waals surface area contributed by atoms with Gasteiger partial charge in [0.2, 0.25) is 5.91 Å². The molecule has 30 heavy (non-hydrogen) atoms. The second-order valence-corrected chi connectivity index (χ2v) is 8.39. The van der Waals surface area contributed by atoms with E-state index < -0.39 is 0 Å². The molecule has 0 radical (unpaired) electrons. The number of carbonyl (C=O) groups is 1. The predicted octanol–water partition coefficient (Wildman–Crippen LogP) is 3.17. The maximum absolute atomic E-state index is 12.3. The Morgan fingerprint density at radius 2 is 2.37 bits per heavy atom. The summed E-state index contributed by atoms with van der Waals surface area (Å²) in [6.45, 7) is 3.85. The fraction of sp³-hybridized carbons (Fsp3) is 0.333. The third-order valence-electron chi connectivity index (χ3n) is 5.43. The number of carbonyl (C=O) groups excluding carboxylic acids is 1. The molecule has 1 aliphatic heterocycles. The number of nitrogens with one attached hydrogen (secondary N) is 2. The standard InChI is InChI=1S/C21H22N6O2S/c1-2-20(28)25-21(18-8-16-19(30-18)10-22-12-23-16)27-6-7-29-17(11-27)13-4-3-5-15-14(13)9-24-26-15/h3-5,8-10,12,17,21H,2,6-7,11H2,1H3,(H,24,26)(H,25,28). The number of amides is 1. The molecule has 4 heterocycles. The molecule has 8 nitrogen and oxygen atoms in total. The van der Waals surface area contributed by atoms with E-state index in [1.807, 2.05) is 37.5 Å². The van der Waals surface area contributed by atoms with Gasteiger partial charge in [0.1, 0.15) is 12.5 Å². The van der Waals surface area contributed by atoms with E-state index in [1.54, 1.807) is 17.7 Å². The van der Waals surface area contributed by atoms with E-state index in [0.29, 0.717) is 19.6 Å². The molecule has 1 aromatic carbocycles. The second-order valence-electron chi connectivity index (χ2n) is 7.28. The summed E-state index contributed by atoms with van der Waals surface area (Å²) >= 11 is 1.62. The number of aromatic amines is 1. The highest BCUT2D eigenvalue weighted by Crippen LogP contribution is 2.34. The van der Waals surface area contributed by atoms with Crippen LogP contribution in [0.2, 0.25) is 0 Å². The number of rotatable bonds is 5. The fourth-order valence-corrected chi connectivity index (χ4v) is 4.97. The molecular formula is C21H22N6O2S. The first-order valence-corrected chi connectivity index (χ1v) is 10.8. The Labute approximate surface area is 177 Å². The molecule has 1 amide bonds. The molecule has 3 aromatic heterocycles. The van der Waals surface area contributed by atoms with Crippen molar-refractivity contribution in [1.29, 1.82) is 0 Å². The molecule has 1 saturated heterocycles. The van der Waals surface area contributed by atoms with Crippen molar-refractivity contribution >= 4 is 38.4 Å². The lowest BCUT2D eigenvalue weighted by molar-refractivity contribution is -0.124. The molecular weight excluding hydrogens is 400 g/mol. The number of nitrogens with zero attached hydrogens (tertiary/aromatic N) is 4. The third kappa shape index (κ3) is 3.55. The van der Waals surface area contributed by atoms with Crippen LogP contribution < -0.4 is 5.32 Å². The van der Waals surface area contributed by atoms with Gasteiger partial charge in [-0.3, -0.25) is 14.8 Å². The van der Waals surface area contributed by atoms with E-state index >= 15 is 0 Å². The first-order valence-electron chi connectivity index (χ1n) is 9.99. The molecule has 2 unspecified atom stereocenters. The van der Waals surface area contributed by atoms with E-state index in [2.05, 4.69) is 36.4 Å². The molecule has 0 aliphatic carbocycles. The minimum Gasteiger partial charge on any atom is -0.371 e. The summed E-state index contributed by atoms with van der Waals surface area (Å²) in [5.74, 6) is 0.0171. The Balaban J connectivity index is 1.47. The van der Waals surface area contributed by atoms with Gasteiger partial charge in [-0.25, -0.2) is 9.97 Å². The van der Waals surface area contributed by atoms with Crippen molar-refractivity contribution in [1.82, 2.24) is 30.4 Å². The van der Waals surface area contributed by atoms with Crippen LogP contribution >= 0.6 is 11.3 Å². The number of aromatic nitrogens is 4. The first-order chi connectivity index (χ1) is 14.7. The van der Waals surface area contributed by atoms with E-state index in [1.165, 1.54) is 0 Å². The van der Waals surface area contributed by atoms with Crippen molar-refractivity contribution in [2.75, 3.05) is 19.7 Å². The first kappa shape index (κ1) is 19.1. The van der Waals surface area contributed by atoms with Gasteiger partial charge in [0, 0.05) is 36.0 Å². The Morgan fingerprint density at radius 1 is 1.43 bits per heavy atom. The summed E-state index contributed by atoms with van der Waals surface area (Å²) in [5, 5.41) is 11.4. The van der Waals surface area contributed by atoms with Gasteiger partial charge >= 0.3 is 0 Å². The zero-order valence-electron chi connectivity index (χ0n) is 16.5. The molecule has 1 fully saturated rings. The SMILES string of the molecule is CCC(=O)NC(c1cc2ncncc2s1)N1CCOC(c2cccc3[nH]ncc23)C1. The predicted molar refractivity (Wildman–Crippen MR) is 115 cm³/mol. The maximum atomic E-state index is 12.3. The molecule has 5 rings (SSSR count). The molecule has 0 spiro atoms. The number of thiophene rings is 1. The van der Waals surface area contributed by atoms with Crippen LogP contribution in [0.5, 0.6) is 0 Å². The van der Waals surface area contributed by atoms with Crippen LogP contribution in [0.4, 0.5) is 0 Å². The summed E-state index contributed by atoms with van der Waals surface area (Å²) in [6, 6.07) is 8.15. The number of ether oxygens (including phenoxy) is 1. The van der Waals surface area contributed by atoms with Crippen molar-refractivity contribution in [2.24, 2.45) is 0 Å². The highest BCUT2D eigenvalue weighted by Gasteiger charge is 2.31. The number of benzene rings is 1. The van der Waals surface area contributed by atoms with Crippen molar-refractivity contribution in [3.05, 3.63) is 53.4 Å². The number of fused-ring (bicyclic) bond motifs is 2. The monoisotopic (exact) mass is 422 g/mol. The minimum absolute atomic E-state index is 0.0171. The minimum atomic E-state index is -0.230. The van der Waals surface area contributed by atoms with Gasteiger partial charge in [-0.15, -0.1) is 11.3 Å². The Morgan fingerprint density at radius 3 is 3.23 bits per heavy atom. The van der Waals surface area contributed by atoms with Gasteiger partial charge in [0.15, 0.2) is 0 Å². The summed E-state index contributed by atoms with van der Waals surface area (Å²) in [5.41, 5.74) is 2.99. The number of hydrogen-bond acceptors (Lipinski definition) is 7. The molecule has 154 valence electrons. The van der Waals surface area contributed by atoms with Crippen LogP contribution in [0.15, 0.2) is 43.0 Å². The molecule has 2 atom stereocenters. The Hall–Kier alpha value is -2.88. The van der Waals surface area contributed by atoms with Crippen LogP contribution in [0, 0.1) is 0 Å². The zero-order chi connectivity index (χ0) is 20.5. The largest absolute Gasteiger partial charge is 0.371 e. The van der Waals surface area contributed by atoms with Crippen molar-refractivity contribution < 1.29 is 9.53 Å². The van der Waals surface area contributed by atoms with E-state index in [9.17, 15) is 4.79 Å². The number of H-pyrrole nitrogens is 1. The quantitative estimate of drug-likeness (QED) is 0.513. The summed E-state index contributed by atoms with van der Waals surface area (Å²) in [4.78, 5) is 24.1. The zero-order valence-corrected chi connectivity index (χ0v) is 17.4. The molecule has 1 aliphatic rings. The third-order valence-corrected chi connectivity index (χ3v) is 6.54. The van der Waals surface area contributed by atoms with Crippen molar-refractivity contribution in [3.63, 3.8) is 0 Å². The summed E-state index contributed by atoms with van der Waals surface area (Å²) < 4.78 is 7.14. The van der Waals surface area contributed by atoms with Gasteiger partial charge in [0.25, 0.3) is 0 Å². The second kappa shape index (κ2) is 8.10. The average molecular weight is 423 g/mol. The lowest BCUT2D eigenvalue weighted by Crippen LogP contribution is -2.47. The van der Waals surface area contributed by atoms with Gasteiger partial charge in [-0.05, 0) is 17.7 Å². The smallest absolute Gasteiger partial charge is 0.221 e. The van der Waals surface area contributed by atoms with E-state index in [4.69, 9.17) is 4.74 Å². The maximum Gasteiger partial charge on any atom is 0.221 e. The van der Waals surface area contributed by atoms with E-state index in [-0.39, 0.29) is 18.2 Å². The van der Waals surface area contributed by atoms with Gasteiger partial charge in [0.05, 0.1) is 34.6 Å². The van der Waals surface area contributed by atoms with Gasteiger partial charge in [-0.2, -0.15) is 5.10 Å². The Kier molecular flexibility index (Phi) is 5.16. The van der Waals surface area contributed by atoms with Crippen LogP contribution in [0.25, 0.3) is 21.1 Å². The molecule has 2 N–H and O–H groups in total. The van der Waals surface area contributed by atoms with Crippen LogP contribution in [0.3, 0.4) is 0 Å². The molecule has 0 bridgehead atoms. The Bertz CT molecular complexity index is 1160. The van der Waals surface area contributed by atoms with Crippen molar-refractivity contribution in [2.45, 2.75) is 25.6 Å². The van der Waals surface area contributed by atoms with Gasteiger partial charge in [-0.1, -0.05) is 19.1 Å². The summed E-state index contributed by atoms with van der Waals surface area (Å²) in [7, 11) is 0. The molecule has 9 heteroatoms. The van der Waals surface area contributed by atoms with Crippen LogP contribution in [0.1, 0.15) is 36.1 Å². The van der Waals surface area contributed by atoms with E-state index in [0.717, 1.165) is 38.1 Å². The fourth-order valence-electron chi connectivity index (χ4n) is 3.90. The molecule has 4 aromatic rings. The van der Waals surface area contributed by atoms with Crippen molar-refractivity contribution in [3.8, 4) is 0 Å². The highest BCUT2D eigenvalue weighted by atomic mass is 32.1. The van der Waals surface area contributed by atoms with Crippen LogP contribution in [-0.4, -0.2) is 50.7 Å². The normalized spacial score (nSPS) is 18.6. The topological polar surface area (TPSA) is 96.0 Å². The van der Waals surface area contributed by atoms with Crippen LogP contribution in [-0.2, 0) is 9.53 Å².